The number of aromatic nitrogens is 1. The van der Waals surface area contributed by atoms with Crippen LogP contribution >= 0.6 is 0 Å². The Labute approximate surface area is 116 Å². The maximum Gasteiger partial charge on any atom is 0.0442 e. The minimum atomic E-state index is 0.804. The monoisotopic (exact) mass is 256 g/mol. The van der Waals surface area contributed by atoms with E-state index in [4.69, 9.17) is 4.98 Å². The summed E-state index contributed by atoms with van der Waals surface area (Å²) in [5, 5.41) is 0. The van der Waals surface area contributed by atoms with E-state index in [1.807, 2.05) is 0 Å². The number of hydrogen-bond donors (Lipinski definition) is 0. The maximum absolute atomic E-state index is 4.83. The molecule has 0 radical (unpaired) electrons. The lowest BCUT2D eigenvalue weighted by atomic mass is 9.85. The second-order valence-corrected chi connectivity index (χ2v) is 6.88. The maximum atomic E-state index is 4.83. The summed E-state index contributed by atoms with van der Waals surface area (Å²) in [5.74, 6) is 1.74. The van der Waals surface area contributed by atoms with Crippen molar-refractivity contribution in [3.8, 4) is 0 Å². The number of likely N-dealkylation sites (tertiary alicyclic amines) is 1. The van der Waals surface area contributed by atoms with Gasteiger partial charge in [0.25, 0.3) is 0 Å². The van der Waals surface area contributed by atoms with Crippen LogP contribution in [0.2, 0.25) is 0 Å². The Balaban J connectivity index is 1.67. The van der Waals surface area contributed by atoms with Crippen LogP contribution in [0, 0.1) is 12.8 Å². The zero-order chi connectivity index (χ0) is 13.0. The van der Waals surface area contributed by atoms with E-state index in [1.165, 1.54) is 56.6 Å². The molecule has 0 N–H and O–H groups in total. The molecule has 1 saturated heterocycles. The Kier molecular flexibility index (Phi) is 2.70. The van der Waals surface area contributed by atoms with Gasteiger partial charge in [-0.2, -0.15) is 0 Å². The van der Waals surface area contributed by atoms with Crippen LogP contribution in [0.5, 0.6) is 0 Å². The molecule has 2 heterocycles. The first-order valence-corrected chi connectivity index (χ1v) is 7.95. The molecular formula is C17H24N2. The zero-order valence-corrected chi connectivity index (χ0v) is 12.2. The normalized spacial score (nSPS) is 33.7. The minimum Gasteiger partial charge on any atom is -0.300 e. The van der Waals surface area contributed by atoms with Gasteiger partial charge in [0.05, 0.1) is 0 Å². The lowest BCUT2D eigenvalue weighted by Gasteiger charge is -2.41. The second-order valence-electron chi connectivity index (χ2n) is 6.88. The Hall–Kier alpha value is -0.890. The van der Waals surface area contributed by atoms with E-state index in [0.717, 1.165) is 17.9 Å². The summed E-state index contributed by atoms with van der Waals surface area (Å²) in [6.07, 6.45) is 6.59. The first-order chi connectivity index (χ1) is 9.22. The predicted molar refractivity (Wildman–Crippen MR) is 77.5 cm³/mol. The van der Waals surface area contributed by atoms with Crippen LogP contribution in [0.4, 0.5) is 0 Å². The molecule has 2 fully saturated rings. The molecule has 3 unspecified atom stereocenters. The highest BCUT2D eigenvalue weighted by Gasteiger charge is 2.38. The van der Waals surface area contributed by atoms with Crippen LogP contribution in [0.25, 0.3) is 0 Å². The van der Waals surface area contributed by atoms with Crippen LogP contribution in [0.3, 0.4) is 0 Å². The van der Waals surface area contributed by atoms with Crippen molar-refractivity contribution >= 4 is 0 Å². The van der Waals surface area contributed by atoms with Crippen LogP contribution in [0.1, 0.15) is 54.6 Å². The average Bonchev–Trinajstić information content (AvgIpc) is 3.03. The number of fused-ring (bicyclic) bond motifs is 1. The topological polar surface area (TPSA) is 16.1 Å². The van der Waals surface area contributed by atoms with Crippen LogP contribution < -0.4 is 0 Å². The van der Waals surface area contributed by atoms with Crippen molar-refractivity contribution in [3.05, 3.63) is 28.6 Å². The van der Waals surface area contributed by atoms with Gasteiger partial charge in [0.15, 0.2) is 0 Å². The number of aryl methyl sites for hydroxylation is 2. The van der Waals surface area contributed by atoms with Gasteiger partial charge in [-0.15, -0.1) is 0 Å². The third-order valence-corrected chi connectivity index (χ3v) is 5.44. The third kappa shape index (κ3) is 2.01. The van der Waals surface area contributed by atoms with Crippen LogP contribution in [0.15, 0.2) is 6.07 Å². The Morgan fingerprint density at radius 2 is 2.11 bits per heavy atom. The molecule has 0 spiro atoms. The number of nitrogens with zero attached hydrogens (tertiary/aromatic N) is 2. The second kappa shape index (κ2) is 4.31. The SMILES string of the molecule is Cc1cc(C2CC2C)c2c(n1)CCC(N1CCC1)C2. The summed E-state index contributed by atoms with van der Waals surface area (Å²) in [5.41, 5.74) is 5.93. The van der Waals surface area contributed by atoms with E-state index in [9.17, 15) is 0 Å². The van der Waals surface area contributed by atoms with E-state index in [0.29, 0.717) is 0 Å². The molecular weight excluding hydrogens is 232 g/mol. The molecule has 1 aliphatic heterocycles. The van der Waals surface area contributed by atoms with E-state index in [1.54, 1.807) is 11.1 Å². The van der Waals surface area contributed by atoms with Gasteiger partial charge in [-0.05, 0) is 81.1 Å². The molecule has 4 rings (SSSR count). The highest BCUT2D eigenvalue weighted by atomic mass is 15.2. The smallest absolute Gasteiger partial charge is 0.0442 e. The van der Waals surface area contributed by atoms with Crippen molar-refractivity contribution in [2.75, 3.05) is 13.1 Å². The van der Waals surface area contributed by atoms with Gasteiger partial charge >= 0.3 is 0 Å². The Bertz CT molecular complexity index is 504. The predicted octanol–water partition coefficient (Wildman–Crippen LogP) is 3.08. The Morgan fingerprint density at radius 1 is 1.32 bits per heavy atom. The first-order valence-electron chi connectivity index (χ1n) is 7.95. The molecule has 1 aromatic heterocycles. The van der Waals surface area contributed by atoms with Crippen molar-refractivity contribution in [1.29, 1.82) is 0 Å². The largest absolute Gasteiger partial charge is 0.300 e. The summed E-state index contributed by atoms with van der Waals surface area (Å²) in [7, 11) is 0. The number of pyridine rings is 1. The fourth-order valence-electron chi connectivity index (χ4n) is 3.98. The summed E-state index contributed by atoms with van der Waals surface area (Å²) < 4.78 is 0. The van der Waals surface area contributed by atoms with Gasteiger partial charge in [0.2, 0.25) is 0 Å². The van der Waals surface area contributed by atoms with Crippen molar-refractivity contribution in [1.82, 2.24) is 9.88 Å². The molecule has 2 heteroatoms. The van der Waals surface area contributed by atoms with Gasteiger partial charge < -0.3 is 0 Å². The molecule has 102 valence electrons. The van der Waals surface area contributed by atoms with Crippen molar-refractivity contribution in [2.45, 2.75) is 57.9 Å². The third-order valence-electron chi connectivity index (χ3n) is 5.44. The standard InChI is InChI=1S/C17H24N2/c1-11-8-14(11)15-9-12(2)18-17-5-4-13(10-16(15)17)19-6-3-7-19/h9,11,13-14H,3-8,10H2,1-2H3. The molecule has 0 amide bonds. The fraction of sp³-hybridized carbons (Fsp3) is 0.706. The number of rotatable bonds is 2. The van der Waals surface area contributed by atoms with Crippen molar-refractivity contribution < 1.29 is 0 Å². The lowest BCUT2D eigenvalue weighted by molar-refractivity contribution is 0.107. The highest BCUT2D eigenvalue weighted by Crippen LogP contribution is 2.49. The van der Waals surface area contributed by atoms with Crippen molar-refractivity contribution in [3.63, 3.8) is 0 Å². The molecule has 3 atom stereocenters. The van der Waals surface area contributed by atoms with Gasteiger partial charge in [-0.25, -0.2) is 0 Å². The quantitative estimate of drug-likeness (QED) is 0.808. The average molecular weight is 256 g/mol. The molecule has 3 aliphatic rings. The first kappa shape index (κ1) is 11.9. The number of hydrogen-bond acceptors (Lipinski definition) is 2. The minimum absolute atomic E-state index is 0.804. The fourth-order valence-corrected chi connectivity index (χ4v) is 3.98. The molecule has 0 bridgehead atoms. The van der Waals surface area contributed by atoms with Gasteiger partial charge in [-0.1, -0.05) is 6.92 Å². The molecule has 2 aliphatic carbocycles. The zero-order valence-electron chi connectivity index (χ0n) is 12.2. The van der Waals surface area contributed by atoms with E-state index in [2.05, 4.69) is 24.8 Å². The summed E-state index contributed by atoms with van der Waals surface area (Å²) in [6.45, 7) is 7.21. The van der Waals surface area contributed by atoms with E-state index < -0.39 is 0 Å². The van der Waals surface area contributed by atoms with E-state index in [-0.39, 0.29) is 0 Å². The molecule has 19 heavy (non-hydrogen) atoms. The molecule has 2 nitrogen and oxygen atoms in total. The summed E-state index contributed by atoms with van der Waals surface area (Å²) in [4.78, 5) is 7.51. The Morgan fingerprint density at radius 3 is 2.74 bits per heavy atom. The van der Waals surface area contributed by atoms with Gasteiger partial charge in [-0.3, -0.25) is 9.88 Å². The molecule has 1 saturated carbocycles. The van der Waals surface area contributed by atoms with Crippen molar-refractivity contribution in [2.24, 2.45) is 5.92 Å². The van der Waals surface area contributed by atoms with Gasteiger partial charge in [0.1, 0.15) is 0 Å². The molecule has 1 aromatic rings. The van der Waals surface area contributed by atoms with E-state index >= 15 is 0 Å². The van der Waals surface area contributed by atoms with Gasteiger partial charge in [0, 0.05) is 17.4 Å². The lowest BCUT2D eigenvalue weighted by Crippen LogP contribution is -2.47. The highest BCUT2D eigenvalue weighted by molar-refractivity contribution is 5.40. The molecule has 0 aromatic carbocycles. The van der Waals surface area contributed by atoms with Crippen LogP contribution in [-0.2, 0) is 12.8 Å². The summed E-state index contributed by atoms with van der Waals surface area (Å²) in [6, 6.07) is 3.18. The van der Waals surface area contributed by atoms with Crippen LogP contribution in [-0.4, -0.2) is 29.0 Å². The summed E-state index contributed by atoms with van der Waals surface area (Å²) >= 11 is 0.